The van der Waals surface area contributed by atoms with Crippen LogP contribution in [0.3, 0.4) is 0 Å². The van der Waals surface area contributed by atoms with Crippen LogP contribution in [-0.4, -0.2) is 34.7 Å². The van der Waals surface area contributed by atoms with Crippen LogP contribution in [-0.2, 0) is 19.1 Å². The summed E-state index contributed by atoms with van der Waals surface area (Å²) in [7, 11) is 0. The van der Waals surface area contributed by atoms with Crippen LogP contribution in [0.4, 0.5) is 0 Å². The lowest BCUT2D eigenvalue weighted by molar-refractivity contribution is -0.154. The molecule has 0 fully saturated rings. The lowest BCUT2D eigenvalue weighted by atomic mass is 10.0. The van der Waals surface area contributed by atoms with Crippen LogP contribution in [0.1, 0.15) is 51.9 Å². The van der Waals surface area contributed by atoms with Gasteiger partial charge in [0.25, 0.3) is 0 Å². The first-order valence-corrected chi connectivity index (χ1v) is 6.57. The van der Waals surface area contributed by atoms with Crippen LogP contribution in [0.2, 0.25) is 0 Å². The van der Waals surface area contributed by atoms with Crippen molar-refractivity contribution in [2.45, 2.75) is 51.9 Å². The van der Waals surface area contributed by atoms with Gasteiger partial charge in [0.1, 0.15) is 0 Å². The second kappa shape index (κ2) is 10.3. The third-order valence-electron chi connectivity index (χ3n) is 2.69. The van der Waals surface area contributed by atoms with E-state index < -0.39 is 36.7 Å². The van der Waals surface area contributed by atoms with Crippen molar-refractivity contribution in [1.29, 1.82) is 0 Å². The molecule has 6 heteroatoms. The van der Waals surface area contributed by atoms with E-state index in [-0.39, 0.29) is 6.61 Å². The summed E-state index contributed by atoms with van der Waals surface area (Å²) in [5.74, 6) is -4.39. The second-order valence-corrected chi connectivity index (χ2v) is 4.47. The molecule has 0 aliphatic rings. The number of rotatable bonds is 11. The molecule has 0 saturated carbocycles. The van der Waals surface area contributed by atoms with Crippen LogP contribution in [0.5, 0.6) is 0 Å². The molecule has 0 radical (unpaired) electrons. The van der Waals surface area contributed by atoms with E-state index >= 15 is 0 Å². The minimum Gasteiger partial charge on any atom is -0.481 e. The van der Waals surface area contributed by atoms with Crippen molar-refractivity contribution in [3.8, 4) is 0 Å². The quantitative estimate of drug-likeness (QED) is 0.442. The van der Waals surface area contributed by atoms with E-state index in [1.807, 2.05) is 0 Å². The Kier molecular flexibility index (Phi) is 9.48. The van der Waals surface area contributed by atoms with Crippen molar-refractivity contribution < 1.29 is 29.3 Å². The minimum atomic E-state index is -1.29. The van der Waals surface area contributed by atoms with Gasteiger partial charge < -0.3 is 14.9 Å². The molecule has 0 amide bonds. The standard InChI is InChI=1S/C13H22O6/c1-2-3-4-5-6-7-19-12(16)9-10(13(17)18)8-11(14)15/h10H,2-9H2,1H3,(H,14,15)(H,17,18). The number of hydrogen-bond acceptors (Lipinski definition) is 4. The van der Waals surface area contributed by atoms with E-state index in [0.29, 0.717) is 0 Å². The first-order chi connectivity index (χ1) is 8.97. The maximum atomic E-state index is 11.3. The van der Waals surface area contributed by atoms with Crippen molar-refractivity contribution in [2.75, 3.05) is 6.61 Å². The molecule has 0 aromatic rings. The van der Waals surface area contributed by atoms with Gasteiger partial charge in [-0.2, -0.15) is 0 Å². The second-order valence-electron chi connectivity index (χ2n) is 4.47. The Balaban J connectivity index is 3.81. The van der Waals surface area contributed by atoms with E-state index in [9.17, 15) is 14.4 Å². The summed E-state index contributed by atoms with van der Waals surface area (Å²) in [5.41, 5.74) is 0. The van der Waals surface area contributed by atoms with E-state index in [4.69, 9.17) is 14.9 Å². The Labute approximate surface area is 112 Å². The molecule has 0 aromatic carbocycles. The van der Waals surface area contributed by atoms with Gasteiger partial charge in [0.15, 0.2) is 0 Å². The van der Waals surface area contributed by atoms with Crippen molar-refractivity contribution in [1.82, 2.24) is 0 Å². The molecule has 0 heterocycles. The fraction of sp³-hybridized carbons (Fsp3) is 0.769. The van der Waals surface area contributed by atoms with Gasteiger partial charge in [-0.1, -0.05) is 32.6 Å². The van der Waals surface area contributed by atoms with E-state index in [1.165, 1.54) is 0 Å². The molecule has 2 N–H and O–H groups in total. The van der Waals surface area contributed by atoms with E-state index in [0.717, 1.165) is 32.1 Å². The average molecular weight is 274 g/mol. The summed E-state index contributed by atoms with van der Waals surface area (Å²) in [6.45, 7) is 2.37. The molecule has 0 aromatic heterocycles. The van der Waals surface area contributed by atoms with Gasteiger partial charge in [-0.25, -0.2) is 0 Å². The van der Waals surface area contributed by atoms with E-state index in [2.05, 4.69) is 6.92 Å². The van der Waals surface area contributed by atoms with Gasteiger partial charge in [-0.15, -0.1) is 0 Å². The number of carbonyl (C=O) groups is 3. The first kappa shape index (κ1) is 17.4. The molecule has 0 aliphatic carbocycles. The maximum Gasteiger partial charge on any atom is 0.307 e. The number of aliphatic carboxylic acids is 2. The summed E-state index contributed by atoms with van der Waals surface area (Å²) in [6.07, 6.45) is 4.13. The van der Waals surface area contributed by atoms with Crippen LogP contribution >= 0.6 is 0 Å². The number of esters is 1. The normalized spacial score (nSPS) is 11.8. The van der Waals surface area contributed by atoms with Gasteiger partial charge in [-0.3, -0.25) is 14.4 Å². The smallest absolute Gasteiger partial charge is 0.307 e. The fourth-order valence-electron chi connectivity index (χ4n) is 1.61. The molecule has 0 saturated heterocycles. The first-order valence-electron chi connectivity index (χ1n) is 6.57. The average Bonchev–Trinajstić information content (AvgIpc) is 2.32. The van der Waals surface area contributed by atoms with Gasteiger partial charge >= 0.3 is 17.9 Å². The Bertz CT molecular complexity index is 300. The molecule has 0 spiro atoms. The van der Waals surface area contributed by atoms with E-state index in [1.54, 1.807) is 0 Å². The Morgan fingerprint density at radius 1 is 1.00 bits per heavy atom. The molecular weight excluding hydrogens is 252 g/mol. The molecule has 0 rings (SSSR count). The zero-order chi connectivity index (χ0) is 14.7. The SMILES string of the molecule is CCCCCCCOC(=O)CC(CC(=O)O)C(=O)O. The number of unbranched alkanes of at least 4 members (excludes halogenated alkanes) is 4. The molecule has 6 nitrogen and oxygen atoms in total. The number of carboxylic acids is 2. The zero-order valence-electron chi connectivity index (χ0n) is 11.3. The largest absolute Gasteiger partial charge is 0.481 e. The Morgan fingerprint density at radius 2 is 1.63 bits per heavy atom. The van der Waals surface area contributed by atoms with Gasteiger partial charge in [-0.05, 0) is 6.42 Å². The third-order valence-corrected chi connectivity index (χ3v) is 2.69. The summed E-state index contributed by atoms with van der Waals surface area (Å²) in [4.78, 5) is 32.5. The highest BCUT2D eigenvalue weighted by atomic mass is 16.5. The molecular formula is C13H22O6. The Hall–Kier alpha value is -1.59. The van der Waals surface area contributed by atoms with Crippen LogP contribution in [0.15, 0.2) is 0 Å². The minimum absolute atomic E-state index is 0.266. The zero-order valence-corrected chi connectivity index (χ0v) is 11.3. The van der Waals surface area contributed by atoms with Crippen LogP contribution in [0, 0.1) is 5.92 Å². The number of carbonyl (C=O) groups excluding carboxylic acids is 1. The molecule has 0 aliphatic heterocycles. The van der Waals surface area contributed by atoms with Crippen molar-refractivity contribution in [2.24, 2.45) is 5.92 Å². The van der Waals surface area contributed by atoms with Gasteiger partial charge in [0.2, 0.25) is 0 Å². The molecule has 110 valence electrons. The van der Waals surface area contributed by atoms with Crippen LogP contribution < -0.4 is 0 Å². The molecule has 19 heavy (non-hydrogen) atoms. The Morgan fingerprint density at radius 3 is 2.16 bits per heavy atom. The summed E-state index contributed by atoms with van der Waals surface area (Å²) in [6, 6.07) is 0. The summed E-state index contributed by atoms with van der Waals surface area (Å²) >= 11 is 0. The molecule has 1 atom stereocenters. The predicted molar refractivity (Wildman–Crippen MR) is 67.7 cm³/mol. The number of carboxylic acid groups (broad SMARTS) is 2. The topological polar surface area (TPSA) is 101 Å². The maximum absolute atomic E-state index is 11.3. The van der Waals surface area contributed by atoms with Crippen LogP contribution in [0.25, 0.3) is 0 Å². The fourth-order valence-corrected chi connectivity index (χ4v) is 1.61. The predicted octanol–water partition coefficient (Wildman–Crippen LogP) is 2.07. The van der Waals surface area contributed by atoms with Crippen molar-refractivity contribution in [3.05, 3.63) is 0 Å². The van der Waals surface area contributed by atoms with Gasteiger partial charge in [0.05, 0.1) is 25.4 Å². The molecule has 1 unspecified atom stereocenters. The van der Waals surface area contributed by atoms with Crippen molar-refractivity contribution in [3.63, 3.8) is 0 Å². The summed E-state index contributed by atoms with van der Waals surface area (Å²) in [5, 5.41) is 17.3. The monoisotopic (exact) mass is 274 g/mol. The molecule has 0 bridgehead atoms. The highest BCUT2D eigenvalue weighted by Crippen LogP contribution is 2.11. The highest BCUT2D eigenvalue weighted by molar-refractivity contribution is 5.82. The number of ether oxygens (including phenoxy) is 1. The highest BCUT2D eigenvalue weighted by Gasteiger charge is 2.24. The van der Waals surface area contributed by atoms with Crippen molar-refractivity contribution >= 4 is 17.9 Å². The third kappa shape index (κ3) is 10.1. The lowest BCUT2D eigenvalue weighted by Gasteiger charge is -2.09. The lowest BCUT2D eigenvalue weighted by Crippen LogP contribution is -2.22. The number of hydrogen-bond donors (Lipinski definition) is 2. The van der Waals surface area contributed by atoms with Gasteiger partial charge in [0, 0.05) is 0 Å². The summed E-state index contributed by atoms with van der Waals surface area (Å²) < 4.78 is 4.89.